The molecule has 0 bridgehead atoms. The van der Waals surface area contributed by atoms with Gasteiger partial charge in [0.25, 0.3) is 10.1 Å². The normalized spacial score (nSPS) is 11.6. The Kier molecular flexibility index (Phi) is 2.53. The van der Waals surface area contributed by atoms with Crippen molar-refractivity contribution in [3.05, 3.63) is 36.5 Å². The summed E-state index contributed by atoms with van der Waals surface area (Å²) in [6.07, 6.45) is 1.76. The van der Waals surface area contributed by atoms with E-state index in [0.29, 0.717) is 11.3 Å². The monoisotopic (exact) mass is 238 g/mol. The molecule has 1 aromatic heterocycles. The third kappa shape index (κ3) is 2.12. The molecular formula is C10H10N2O3S. The minimum atomic E-state index is -4.16. The molecule has 0 fully saturated rings. The molecule has 0 saturated heterocycles. The highest BCUT2D eigenvalue weighted by Crippen LogP contribution is 2.20. The van der Waals surface area contributed by atoms with Crippen molar-refractivity contribution >= 4 is 10.1 Å². The molecule has 2 aromatic rings. The second-order valence-electron chi connectivity index (χ2n) is 3.38. The predicted molar refractivity (Wildman–Crippen MR) is 58.5 cm³/mol. The van der Waals surface area contributed by atoms with Gasteiger partial charge < -0.3 is 0 Å². The fraction of sp³-hybridized carbons (Fsp3) is 0.100. The van der Waals surface area contributed by atoms with E-state index in [1.165, 1.54) is 12.1 Å². The van der Waals surface area contributed by atoms with Crippen LogP contribution in [-0.4, -0.2) is 22.8 Å². The third-order valence-corrected chi connectivity index (χ3v) is 2.99. The smallest absolute Gasteiger partial charge is 0.282 e. The van der Waals surface area contributed by atoms with Crippen molar-refractivity contribution in [2.75, 3.05) is 0 Å². The van der Waals surface area contributed by atoms with Crippen molar-refractivity contribution in [2.45, 2.75) is 4.90 Å². The van der Waals surface area contributed by atoms with Gasteiger partial charge in [-0.3, -0.25) is 9.23 Å². The molecule has 1 N–H and O–H groups in total. The number of aryl methyl sites for hydroxylation is 1. The highest BCUT2D eigenvalue weighted by atomic mass is 32.2. The Morgan fingerprint density at radius 3 is 2.62 bits per heavy atom. The summed E-state index contributed by atoms with van der Waals surface area (Å²) in [7, 11) is -2.39. The van der Waals surface area contributed by atoms with Gasteiger partial charge in [-0.2, -0.15) is 13.5 Å². The van der Waals surface area contributed by atoms with Gasteiger partial charge in [0, 0.05) is 18.8 Å². The lowest BCUT2D eigenvalue weighted by atomic mass is 10.2. The maximum absolute atomic E-state index is 11.0. The minimum absolute atomic E-state index is 0.129. The van der Waals surface area contributed by atoms with Crippen molar-refractivity contribution in [1.82, 2.24) is 9.78 Å². The molecule has 0 atom stereocenters. The van der Waals surface area contributed by atoms with Crippen LogP contribution < -0.4 is 0 Å². The molecule has 84 valence electrons. The fourth-order valence-corrected chi connectivity index (χ4v) is 1.91. The molecule has 0 aliphatic heterocycles. The molecule has 0 radical (unpaired) electrons. The van der Waals surface area contributed by atoms with Gasteiger partial charge in [-0.25, -0.2) is 0 Å². The van der Waals surface area contributed by atoms with E-state index in [0.717, 1.165) is 0 Å². The van der Waals surface area contributed by atoms with Crippen LogP contribution in [0, 0.1) is 0 Å². The summed E-state index contributed by atoms with van der Waals surface area (Å²) in [4.78, 5) is -0.129. The molecule has 6 heteroatoms. The molecule has 2 rings (SSSR count). The number of benzene rings is 1. The quantitative estimate of drug-likeness (QED) is 0.801. The van der Waals surface area contributed by atoms with Gasteiger partial charge >= 0.3 is 0 Å². The van der Waals surface area contributed by atoms with Crippen molar-refractivity contribution in [1.29, 1.82) is 0 Å². The van der Waals surface area contributed by atoms with Crippen molar-refractivity contribution in [3.63, 3.8) is 0 Å². The Balaban J connectivity index is 2.52. The van der Waals surface area contributed by atoms with Crippen LogP contribution in [0.5, 0.6) is 0 Å². The zero-order valence-electron chi connectivity index (χ0n) is 8.53. The van der Waals surface area contributed by atoms with Gasteiger partial charge in [0.2, 0.25) is 0 Å². The van der Waals surface area contributed by atoms with E-state index >= 15 is 0 Å². The van der Waals surface area contributed by atoms with E-state index in [9.17, 15) is 8.42 Å². The summed E-state index contributed by atoms with van der Waals surface area (Å²) >= 11 is 0. The zero-order chi connectivity index (χ0) is 11.8. The Labute approximate surface area is 93.1 Å². The van der Waals surface area contributed by atoms with Crippen LogP contribution in [0.25, 0.3) is 11.3 Å². The first-order valence-electron chi connectivity index (χ1n) is 4.54. The average molecular weight is 238 g/mol. The number of hydrogen-bond donors (Lipinski definition) is 1. The van der Waals surface area contributed by atoms with Crippen LogP contribution in [0.1, 0.15) is 0 Å². The van der Waals surface area contributed by atoms with Crippen LogP contribution in [0.2, 0.25) is 0 Å². The second-order valence-corrected chi connectivity index (χ2v) is 4.80. The highest BCUT2D eigenvalue weighted by molar-refractivity contribution is 7.85. The number of rotatable bonds is 2. The molecule has 1 aromatic carbocycles. The lowest BCUT2D eigenvalue weighted by Crippen LogP contribution is -1.98. The predicted octanol–water partition coefficient (Wildman–Crippen LogP) is 1.33. The summed E-state index contributed by atoms with van der Waals surface area (Å²) < 4.78 is 32.4. The highest BCUT2D eigenvalue weighted by Gasteiger charge is 2.10. The van der Waals surface area contributed by atoms with Crippen LogP contribution in [0.15, 0.2) is 41.4 Å². The third-order valence-electron chi connectivity index (χ3n) is 2.14. The first-order chi connectivity index (χ1) is 7.47. The van der Waals surface area contributed by atoms with Crippen molar-refractivity contribution < 1.29 is 13.0 Å². The van der Waals surface area contributed by atoms with Crippen LogP contribution in [-0.2, 0) is 17.2 Å². The molecule has 5 nitrogen and oxygen atoms in total. The number of hydrogen-bond acceptors (Lipinski definition) is 3. The molecule has 0 aliphatic rings. The minimum Gasteiger partial charge on any atom is -0.282 e. The number of aromatic nitrogens is 2. The van der Waals surface area contributed by atoms with Crippen molar-refractivity contribution in [3.8, 4) is 11.3 Å². The Morgan fingerprint density at radius 2 is 2.06 bits per heavy atom. The van der Waals surface area contributed by atoms with Crippen LogP contribution in [0.4, 0.5) is 0 Å². The molecular weight excluding hydrogens is 228 g/mol. The molecule has 0 amide bonds. The van der Waals surface area contributed by atoms with E-state index in [1.807, 2.05) is 0 Å². The van der Waals surface area contributed by atoms with Gasteiger partial charge in [0.15, 0.2) is 0 Å². The average Bonchev–Trinajstić information content (AvgIpc) is 2.64. The maximum atomic E-state index is 11.0. The van der Waals surface area contributed by atoms with E-state index in [4.69, 9.17) is 4.55 Å². The molecule has 0 aliphatic carbocycles. The zero-order valence-corrected chi connectivity index (χ0v) is 9.35. The molecule has 0 unspecified atom stereocenters. The lowest BCUT2D eigenvalue weighted by Gasteiger charge is -2.00. The summed E-state index contributed by atoms with van der Waals surface area (Å²) in [6, 6.07) is 7.78. The van der Waals surface area contributed by atoms with E-state index in [2.05, 4.69) is 5.10 Å². The molecule has 16 heavy (non-hydrogen) atoms. The first-order valence-corrected chi connectivity index (χ1v) is 5.98. The van der Waals surface area contributed by atoms with Gasteiger partial charge in [-0.1, -0.05) is 12.1 Å². The topological polar surface area (TPSA) is 72.2 Å². The van der Waals surface area contributed by atoms with E-state index in [-0.39, 0.29) is 4.90 Å². The Morgan fingerprint density at radius 1 is 1.31 bits per heavy atom. The maximum Gasteiger partial charge on any atom is 0.294 e. The van der Waals surface area contributed by atoms with Gasteiger partial charge in [-0.05, 0) is 18.2 Å². The molecule has 0 spiro atoms. The summed E-state index contributed by atoms with van der Waals surface area (Å²) in [6.45, 7) is 0. The van der Waals surface area contributed by atoms with Crippen LogP contribution in [0.3, 0.4) is 0 Å². The lowest BCUT2D eigenvalue weighted by molar-refractivity contribution is 0.483. The summed E-state index contributed by atoms with van der Waals surface area (Å²) in [5, 5.41) is 4.14. The van der Waals surface area contributed by atoms with E-state index < -0.39 is 10.1 Å². The Bertz CT molecular complexity index is 616. The Hall–Kier alpha value is -1.66. The standard InChI is InChI=1S/C10H10N2O3S/c1-12-6-5-10(11-12)8-3-2-4-9(7-8)16(13,14)15/h2-7H,1H3,(H,13,14,15). The summed E-state index contributed by atoms with van der Waals surface area (Å²) in [5.41, 5.74) is 1.31. The first kappa shape index (κ1) is 10.8. The van der Waals surface area contributed by atoms with Gasteiger partial charge in [0.1, 0.15) is 0 Å². The van der Waals surface area contributed by atoms with Crippen molar-refractivity contribution in [2.24, 2.45) is 7.05 Å². The molecule has 0 saturated carbocycles. The SMILES string of the molecule is Cn1ccc(-c2cccc(S(=O)(=O)O)c2)n1. The van der Waals surface area contributed by atoms with Gasteiger partial charge in [-0.15, -0.1) is 0 Å². The van der Waals surface area contributed by atoms with E-state index in [1.54, 1.807) is 36.1 Å². The largest absolute Gasteiger partial charge is 0.294 e. The summed E-state index contributed by atoms with van der Waals surface area (Å²) in [5.74, 6) is 0. The number of nitrogens with zero attached hydrogens (tertiary/aromatic N) is 2. The molecule has 1 heterocycles. The fourth-order valence-electron chi connectivity index (χ4n) is 1.38. The van der Waals surface area contributed by atoms with Gasteiger partial charge in [0.05, 0.1) is 10.6 Å². The van der Waals surface area contributed by atoms with Crippen LogP contribution >= 0.6 is 0 Å². The second kappa shape index (κ2) is 3.73.